The summed E-state index contributed by atoms with van der Waals surface area (Å²) in [6.07, 6.45) is 0. The van der Waals surface area contributed by atoms with E-state index in [0.29, 0.717) is 17.5 Å². The number of thiophene rings is 1. The number of aromatic nitrogens is 4. The van der Waals surface area contributed by atoms with Gasteiger partial charge in [0, 0.05) is 64.1 Å². The van der Waals surface area contributed by atoms with Gasteiger partial charge in [-0.25, -0.2) is 15.0 Å². The minimum Gasteiger partial charge on any atom is -0.456 e. The van der Waals surface area contributed by atoms with Crippen molar-refractivity contribution in [2.75, 3.05) is 0 Å². The Balaban J connectivity index is 0.994. The zero-order valence-corrected chi connectivity index (χ0v) is 31.2. The number of hydrogen-bond donors (Lipinski definition) is 0. The number of para-hydroxylation sites is 1. The Hall–Kier alpha value is -7.41. The SMILES string of the molecule is c1ccc(-c2nc(-c3ccc(-n4c5ccccc5c5c6c(ccc54)sc4ccccc46)cc3)nc(-c3ccc4c(c3)oc3cccc(-c5ccccc5)c34)n2)cc1. The molecule has 0 unspecified atom stereocenters. The molecule has 0 saturated carbocycles. The number of hydrogen-bond acceptors (Lipinski definition) is 5. The van der Waals surface area contributed by atoms with Gasteiger partial charge in [0.15, 0.2) is 17.5 Å². The molecule has 266 valence electrons. The lowest BCUT2D eigenvalue weighted by atomic mass is 9.99. The summed E-state index contributed by atoms with van der Waals surface area (Å²) in [7, 11) is 0. The second-order valence-corrected chi connectivity index (χ2v) is 15.4. The average Bonchev–Trinajstić information content (AvgIpc) is 3.96. The standard InChI is InChI=1S/C51H30N4OS/c1-3-12-31(13-4-1)36-18-11-20-42-46(36)38-27-24-34(30-43(38)56-42)51-53-49(32-14-5-2-6-15-32)52-50(54-51)33-22-25-35(26-23-33)55-40-19-9-7-16-37(40)47-41(55)28-29-45-48(47)39-17-8-10-21-44(39)57-45/h1-30H. The van der Waals surface area contributed by atoms with Crippen molar-refractivity contribution >= 4 is 75.3 Å². The molecular formula is C51H30N4OS. The highest BCUT2D eigenvalue weighted by atomic mass is 32.1. The number of fused-ring (bicyclic) bond motifs is 10. The van der Waals surface area contributed by atoms with E-state index in [2.05, 4.69) is 144 Å². The third-order valence-electron chi connectivity index (χ3n) is 11.1. The molecule has 0 N–H and O–H groups in total. The van der Waals surface area contributed by atoms with Gasteiger partial charge in [-0.1, -0.05) is 115 Å². The van der Waals surface area contributed by atoms with E-state index in [9.17, 15) is 0 Å². The van der Waals surface area contributed by atoms with Crippen molar-refractivity contribution in [1.82, 2.24) is 19.5 Å². The first-order valence-electron chi connectivity index (χ1n) is 19.0. The Labute approximate surface area is 330 Å². The summed E-state index contributed by atoms with van der Waals surface area (Å²) < 4.78 is 11.5. The average molecular weight is 747 g/mol. The molecule has 0 radical (unpaired) electrons. The van der Waals surface area contributed by atoms with Gasteiger partial charge < -0.3 is 8.98 Å². The van der Waals surface area contributed by atoms with Crippen molar-refractivity contribution in [2.45, 2.75) is 0 Å². The predicted octanol–water partition coefficient (Wildman–Crippen LogP) is 13.9. The molecule has 0 aliphatic carbocycles. The number of benzene rings is 8. The molecule has 0 saturated heterocycles. The van der Waals surface area contributed by atoms with Crippen LogP contribution in [0.4, 0.5) is 0 Å². The first-order valence-corrected chi connectivity index (χ1v) is 19.8. The van der Waals surface area contributed by atoms with Crippen LogP contribution in [0.1, 0.15) is 0 Å². The van der Waals surface area contributed by atoms with Crippen LogP contribution >= 0.6 is 11.3 Å². The van der Waals surface area contributed by atoms with Crippen molar-refractivity contribution in [3.63, 3.8) is 0 Å². The molecule has 6 heteroatoms. The molecule has 0 fully saturated rings. The van der Waals surface area contributed by atoms with E-state index in [1.54, 1.807) is 0 Å². The van der Waals surface area contributed by atoms with Crippen LogP contribution in [0.2, 0.25) is 0 Å². The third kappa shape index (κ3) is 5.04. The van der Waals surface area contributed by atoms with Gasteiger partial charge in [-0.2, -0.15) is 0 Å². The van der Waals surface area contributed by atoms with E-state index in [1.165, 1.54) is 42.0 Å². The fourth-order valence-corrected chi connectivity index (χ4v) is 9.60. The monoisotopic (exact) mass is 746 g/mol. The van der Waals surface area contributed by atoms with Crippen molar-refractivity contribution in [3.8, 4) is 51.0 Å². The van der Waals surface area contributed by atoms with E-state index in [0.717, 1.165) is 55.4 Å². The molecule has 4 aromatic heterocycles. The summed E-state index contributed by atoms with van der Waals surface area (Å²) >= 11 is 1.86. The van der Waals surface area contributed by atoms with Crippen molar-refractivity contribution in [3.05, 3.63) is 182 Å². The highest BCUT2D eigenvalue weighted by molar-refractivity contribution is 7.26. The van der Waals surface area contributed by atoms with Crippen molar-refractivity contribution < 1.29 is 4.42 Å². The minimum atomic E-state index is 0.586. The van der Waals surface area contributed by atoms with Crippen LogP contribution < -0.4 is 0 Å². The Kier molecular flexibility index (Phi) is 7.03. The van der Waals surface area contributed by atoms with Gasteiger partial charge in [-0.05, 0) is 77.9 Å². The van der Waals surface area contributed by atoms with Crippen LogP contribution in [0.25, 0.3) is 115 Å². The zero-order valence-electron chi connectivity index (χ0n) is 30.4. The summed E-state index contributed by atoms with van der Waals surface area (Å²) in [5, 5.41) is 7.32. The van der Waals surface area contributed by atoms with Gasteiger partial charge in [0.25, 0.3) is 0 Å². The van der Waals surface area contributed by atoms with Gasteiger partial charge in [-0.3, -0.25) is 0 Å². The van der Waals surface area contributed by atoms with Crippen LogP contribution in [0.15, 0.2) is 186 Å². The Morgan fingerprint density at radius 3 is 1.82 bits per heavy atom. The van der Waals surface area contributed by atoms with Crippen molar-refractivity contribution in [1.29, 1.82) is 0 Å². The van der Waals surface area contributed by atoms with E-state index >= 15 is 0 Å². The van der Waals surface area contributed by atoms with Gasteiger partial charge in [0.05, 0.1) is 11.0 Å². The fourth-order valence-electron chi connectivity index (χ4n) is 8.49. The Bertz CT molecular complexity index is 3510. The maximum absolute atomic E-state index is 6.48. The fraction of sp³-hybridized carbons (Fsp3) is 0. The van der Waals surface area contributed by atoms with Gasteiger partial charge in [0.1, 0.15) is 11.2 Å². The van der Waals surface area contributed by atoms with Gasteiger partial charge in [0.2, 0.25) is 0 Å². The second-order valence-electron chi connectivity index (χ2n) is 14.4. The maximum Gasteiger partial charge on any atom is 0.164 e. The molecule has 8 aromatic carbocycles. The van der Waals surface area contributed by atoms with Gasteiger partial charge in [-0.15, -0.1) is 11.3 Å². The Morgan fingerprint density at radius 2 is 1.04 bits per heavy atom. The molecule has 0 bridgehead atoms. The molecule has 12 rings (SSSR count). The lowest BCUT2D eigenvalue weighted by Crippen LogP contribution is -2.00. The zero-order chi connectivity index (χ0) is 37.5. The summed E-state index contributed by atoms with van der Waals surface area (Å²) in [6, 6.07) is 63.6. The quantitative estimate of drug-likeness (QED) is 0.176. The molecule has 0 aliphatic rings. The van der Waals surface area contributed by atoms with Crippen LogP contribution in [0.3, 0.4) is 0 Å². The lowest BCUT2D eigenvalue weighted by molar-refractivity contribution is 0.669. The molecule has 0 atom stereocenters. The molecule has 57 heavy (non-hydrogen) atoms. The highest BCUT2D eigenvalue weighted by Gasteiger charge is 2.19. The number of nitrogens with zero attached hydrogens (tertiary/aromatic N) is 4. The van der Waals surface area contributed by atoms with Crippen LogP contribution in [-0.2, 0) is 0 Å². The van der Waals surface area contributed by atoms with E-state index in [4.69, 9.17) is 19.4 Å². The molecular weight excluding hydrogens is 717 g/mol. The number of furan rings is 1. The minimum absolute atomic E-state index is 0.586. The summed E-state index contributed by atoms with van der Waals surface area (Å²) in [5.41, 5.74) is 10.1. The Morgan fingerprint density at radius 1 is 0.386 bits per heavy atom. The topological polar surface area (TPSA) is 56.7 Å². The van der Waals surface area contributed by atoms with Crippen LogP contribution in [-0.4, -0.2) is 19.5 Å². The maximum atomic E-state index is 6.48. The first kappa shape index (κ1) is 31.9. The van der Waals surface area contributed by atoms with Gasteiger partial charge >= 0.3 is 0 Å². The molecule has 5 nitrogen and oxygen atoms in total. The molecule has 12 aromatic rings. The largest absolute Gasteiger partial charge is 0.456 e. The smallest absolute Gasteiger partial charge is 0.164 e. The summed E-state index contributed by atoms with van der Waals surface area (Å²) in [4.78, 5) is 15.2. The summed E-state index contributed by atoms with van der Waals surface area (Å²) in [6.45, 7) is 0. The summed E-state index contributed by atoms with van der Waals surface area (Å²) in [5.74, 6) is 1.81. The lowest BCUT2D eigenvalue weighted by Gasteiger charge is -2.11. The van der Waals surface area contributed by atoms with E-state index in [-0.39, 0.29) is 0 Å². The predicted molar refractivity (Wildman–Crippen MR) is 236 cm³/mol. The number of rotatable bonds is 5. The molecule has 0 spiro atoms. The third-order valence-corrected chi connectivity index (χ3v) is 12.2. The van der Waals surface area contributed by atoms with E-state index < -0.39 is 0 Å². The molecule has 4 heterocycles. The molecule has 0 amide bonds. The normalized spacial score (nSPS) is 11.9. The van der Waals surface area contributed by atoms with E-state index in [1.807, 2.05) is 53.8 Å². The second kappa shape index (κ2) is 12.6. The van der Waals surface area contributed by atoms with Crippen LogP contribution in [0.5, 0.6) is 0 Å². The van der Waals surface area contributed by atoms with Crippen LogP contribution in [0, 0.1) is 0 Å². The highest BCUT2D eigenvalue weighted by Crippen LogP contribution is 2.44. The first-order chi connectivity index (χ1) is 28.2. The molecule has 0 aliphatic heterocycles. The van der Waals surface area contributed by atoms with Crippen molar-refractivity contribution in [2.24, 2.45) is 0 Å².